The number of H-pyrrole nitrogens is 1. The highest BCUT2D eigenvalue weighted by Gasteiger charge is 2.31. The average molecular weight is 787 g/mol. The molecule has 11 nitrogen and oxygen atoms in total. The minimum atomic E-state index is -4.43. The summed E-state index contributed by atoms with van der Waals surface area (Å²) >= 11 is 12.7. The molecule has 0 bridgehead atoms. The van der Waals surface area contributed by atoms with Crippen molar-refractivity contribution in [3.63, 3.8) is 0 Å². The molecule has 1 aliphatic rings. The number of likely N-dealkylation sites (tertiary alicyclic amines) is 1. The summed E-state index contributed by atoms with van der Waals surface area (Å²) in [6.45, 7) is 0.930. The van der Waals surface area contributed by atoms with Gasteiger partial charge >= 0.3 is 6.18 Å². The van der Waals surface area contributed by atoms with Gasteiger partial charge in [0.25, 0.3) is 5.91 Å². The lowest BCUT2D eigenvalue weighted by Crippen LogP contribution is -2.39. The van der Waals surface area contributed by atoms with E-state index in [4.69, 9.17) is 32.7 Å². The molecule has 2 aromatic heterocycles. The van der Waals surface area contributed by atoms with Crippen LogP contribution in [-0.4, -0.2) is 106 Å². The molecular weight excluding hydrogens is 746 g/mol. The minimum Gasteiger partial charge on any atom is -0.496 e. The van der Waals surface area contributed by atoms with Gasteiger partial charge in [-0.05, 0) is 86.9 Å². The van der Waals surface area contributed by atoms with E-state index in [0.717, 1.165) is 11.1 Å². The monoisotopic (exact) mass is 785 g/mol. The molecule has 0 aliphatic carbocycles. The predicted octanol–water partition coefficient (Wildman–Crippen LogP) is 7.56. The number of imidazole rings is 1. The number of hydrogen-bond donors (Lipinski definition) is 1. The number of aromatic amines is 1. The molecule has 3 heterocycles. The smallest absolute Gasteiger partial charge is 0.411 e. The van der Waals surface area contributed by atoms with Crippen molar-refractivity contribution in [2.75, 3.05) is 53.6 Å². The number of methoxy groups -OCH3 is 1. The maximum Gasteiger partial charge on any atom is 0.411 e. The van der Waals surface area contributed by atoms with Crippen molar-refractivity contribution < 1.29 is 32.2 Å². The maximum absolute atomic E-state index is 13.9. The van der Waals surface area contributed by atoms with Crippen LogP contribution < -0.4 is 4.74 Å². The van der Waals surface area contributed by atoms with Crippen molar-refractivity contribution in [1.29, 1.82) is 0 Å². The van der Waals surface area contributed by atoms with Gasteiger partial charge in [0, 0.05) is 37.5 Å². The second-order valence-corrected chi connectivity index (χ2v) is 14.2. The first-order chi connectivity index (χ1) is 25.9. The Labute approximate surface area is 320 Å². The van der Waals surface area contributed by atoms with Gasteiger partial charge in [0.15, 0.2) is 5.82 Å². The van der Waals surface area contributed by atoms with Gasteiger partial charge in [-0.15, -0.1) is 0 Å². The number of nitrogens with zero attached hydrogens (tertiary/aromatic N) is 6. The Morgan fingerprint density at radius 3 is 2.52 bits per heavy atom. The molecule has 1 atom stereocenters. The topological polar surface area (TPSA) is 118 Å². The third-order valence-electron chi connectivity index (χ3n) is 9.75. The molecule has 0 saturated carbocycles. The predicted molar refractivity (Wildman–Crippen MR) is 199 cm³/mol. The molecule has 54 heavy (non-hydrogen) atoms. The molecule has 1 N–H and O–H groups in total. The van der Waals surface area contributed by atoms with Crippen molar-refractivity contribution in [2.24, 2.45) is 5.92 Å². The first-order valence-electron chi connectivity index (χ1n) is 17.5. The molecule has 16 heteroatoms. The number of ether oxygens (including phenoxy) is 2. The average Bonchev–Trinajstić information content (AvgIpc) is 3.84. The van der Waals surface area contributed by atoms with Crippen LogP contribution in [0.3, 0.4) is 0 Å². The number of aromatic nitrogens is 5. The lowest BCUT2D eigenvalue weighted by atomic mass is 9.90. The number of benzene rings is 3. The first kappa shape index (κ1) is 39.2. The van der Waals surface area contributed by atoms with E-state index in [1.807, 2.05) is 18.2 Å². The number of nitrogens with one attached hydrogen (secondary N) is 1. The molecule has 0 radical (unpaired) electrons. The van der Waals surface area contributed by atoms with Gasteiger partial charge in [-0.1, -0.05) is 41.4 Å². The Hall–Kier alpha value is -4.50. The highest BCUT2D eigenvalue weighted by molar-refractivity contribution is 6.42. The Balaban J connectivity index is 1.11. The van der Waals surface area contributed by atoms with Crippen LogP contribution in [0, 0.1) is 5.92 Å². The first-order valence-corrected chi connectivity index (χ1v) is 18.3. The van der Waals surface area contributed by atoms with Crippen LogP contribution in [0.5, 0.6) is 5.75 Å². The third-order valence-corrected chi connectivity index (χ3v) is 10.5. The molecule has 6 rings (SSSR count). The summed E-state index contributed by atoms with van der Waals surface area (Å²) in [6, 6.07) is 18.0. The quantitative estimate of drug-likeness (QED) is 0.0854. The Kier molecular flexibility index (Phi) is 12.6. The van der Waals surface area contributed by atoms with E-state index >= 15 is 0 Å². The number of Topliss-reactive ketones (excluding diaryl/α,β-unsaturated/α-hetero) is 1. The zero-order valence-electron chi connectivity index (χ0n) is 29.8. The number of hydrogen-bond acceptors (Lipinski definition) is 8. The largest absolute Gasteiger partial charge is 0.496 e. The minimum absolute atomic E-state index is 0.0728. The number of piperidine rings is 1. The summed E-state index contributed by atoms with van der Waals surface area (Å²) in [5.74, 6) is -0.0605. The SMILES string of the molecule is COc1ccc(-c2cn[nH]n2)cc1C(=O)N(C)CC(CCN1CCC(C(=O)c2nc3ccccc3n2CCOCC(F)(F)F)CC1)c1ccc(Cl)c(Cl)c1. The number of para-hydroxylation sites is 2. The Bertz CT molecular complexity index is 2070. The van der Waals surface area contributed by atoms with Crippen LogP contribution >= 0.6 is 23.2 Å². The van der Waals surface area contributed by atoms with Crippen LogP contribution in [0.2, 0.25) is 10.0 Å². The van der Waals surface area contributed by atoms with Gasteiger partial charge in [-0.3, -0.25) is 9.59 Å². The summed E-state index contributed by atoms with van der Waals surface area (Å²) < 4.78 is 50.1. The van der Waals surface area contributed by atoms with E-state index in [1.165, 1.54) is 7.11 Å². The van der Waals surface area contributed by atoms with E-state index in [9.17, 15) is 22.8 Å². The zero-order valence-corrected chi connectivity index (χ0v) is 31.3. The van der Waals surface area contributed by atoms with Crippen molar-refractivity contribution in [3.05, 3.63) is 93.9 Å². The molecule has 1 saturated heterocycles. The fourth-order valence-corrected chi connectivity index (χ4v) is 7.20. The van der Waals surface area contributed by atoms with Gasteiger partial charge in [0.2, 0.25) is 5.78 Å². The van der Waals surface area contributed by atoms with Gasteiger partial charge in [0.05, 0.1) is 46.6 Å². The molecule has 1 unspecified atom stereocenters. The zero-order chi connectivity index (χ0) is 38.4. The molecule has 1 amide bonds. The van der Waals surface area contributed by atoms with E-state index in [0.29, 0.717) is 83.5 Å². The van der Waals surface area contributed by atoms with Crippen molar-refractivity contribution in [3.8, 4) is 17.0 Å². The summed E-state index contributed by atoms with van der Waals surface area (Å²) in [4.78, 5) is 36.3. The molecule has 286 valence electrons. The Morgan fingerprint density at radius 2 is 1.81 bits per heavy atom. The van der Waals surface area contributed by atoms with Crippen molar-refractivity contribution in [2.45, 2.75) is 37.9 Å². The van der Waals surface area contributed by atoms with E-state index in [-0.39, 0.29) is 42.5 Å². The van der Waals surface area contributed by atoms with Crippen LogP contribution in [0.1, 0.15) is 51.7 Å². The van der Waals surface area contributed by atoms with Crippen molar-refractivity contribution >= 4 is 45.9 Å². The number of rotatable bonds is 15. The number of fused-ring (bicyclic) bond motifs is 1. The number of carbonyl (C=O) groups excluding carboxylic acids is 2. The number of alkyl halides is 3. The second kappa shape index (κ2) is 17.3. The summed E-state index contributed by atoms with van der Waals surface area (Å²) in [5.41, 5.74) is 3.93. The van der Waals surface area contributed by atoms with Crippen LogP contribution in [0.4, 0.5) is 13.2 Å². The molecule has 5 aromatic rings. The molecule has 1 aliphatic heterocycles. The van der Waals surface area contributed by atoms with Gasteiger partial charge in [-0.2, -0.15) is 28.6 Å². The molecular formula is C38H40Cl2F3N7O4. The highest BCUT2D eigenvalue weighted by Crippen LogP contribution is 2.32. The van der Waals surface area contributed by atoms with Crippen LogP contribution in [0.25, 0.3) is 22.3 Å². The number of halogens is 5. The molecule has 3 aromatic carbocycles. The number of carbonyl (C=O) groups is 2. The summed E-state index contributed by atoms with van der Waals surface area (Å²) in [5, 5.41) is 11.5. The number of likely N-dealkylation sites (N-methyl/N-ethyl adjacent to an activating group) is 1. The summed E-state index contributed by atoms with van der Waals surface area (Å²) in [7, 11) is 3.27. The van der Waals surface area contributed by atoms with Gasteiger partial charge in [-0.25, -0.2) is 4.98 Å². The van der Waals surface area contributed by atoms with Crippen LogP contribution in [-0.2, 0) is 11.3 Å². The fraction of sp³-hybridized carbons (Fsp3) is 0.395. The van der Waals surface area contributed by atoms with Gasteiger partial charge < -0.3 is 23.8 Å². The van der Waals surface area contributed by atoms with E-state index in [1.54, 1.807) is 65.2 Å². The highest BCUT2D eigenvalue weighted by atomic mass is 35.5. The normalized spacial score (nSPS) is 14.7. The fourth-order valence-electron chi connectivity index (χ4n) is 6.90. The van der Waals surface area contributed by atoms with E-state index in [2.05, 4.69) is 25.3 Å². The standard InChI is InChI=1S/C38H40Cl2F3N7O4/c1-48(37(52)28-19-26(8-10-34(28)53-2)32-21-44-47-46-32)22-27(25-7-9-29(39)30(40)20-25)13-16-49-14-11-24(12-15-49)35(51)36-45-31-5-3-4-6-33(31)50(36)17-18-54-23-38(41,42)43/h3-10,19-21,24,27H,11-18,22-23H2,1-2H3,(H,44,46,47). The second-order valence-electron chi connectivity index (χ2n) is 13.3. The maximum atomic E-state index is 13.9. The molecule has 0 spiro atoms. The Morgan fingerprint density at radius 1 is 1.04 bits per heavy atom. The van der Waals surface area contributed by atoms with Crippen LogP contribution in [0.15, 0.2) is 66.9 Å². The third kappa shape index (κ3) is 9.41. The number of ketones is 1. The van der Waals surface area contributed by atoms with Gasteiger partial charge in [0.1, 0.15) is 18.1 Å². The lowest BCUT2D eigenvalue weighted by Gasteiger charge is -2.33. The summed E-state index contributed by atoms with van der Waals surface area (Å²) in [6.07, 6.45) is -0.956. The van der Waals surface area contributed by atoms with E-state index < -0.39 is 12.8 Å². The van der Waals surface area contributed by atoms with Crippen molar-refractivity contribution in [1.82, 2.24) is 34.8 Å². The molecule has 1 fully saturated rings. The lowest BCUT2D eigenvalue weighted by molar-refractivity contribution is -0.174. The number of amides is 1.